The summed E-state index contributed by atoms with van der Waals surface area (Å²) >= 11 is 1.94. The highest BCUT2D eigenvalue weighted by Gasteiger charge is 2.19. The fourth-order valence-electron chi connectivity index (χ4n) is 3.19. The molecular weight excluding hydrogens is 274 g/mol. The Labute approximate surface area is 132 Å². The van der Waals surface area contributed by atoms with Crippen LogP contribution in [-0.4, -0.2) is 6.54 Å². The van der Waals surface area contributed by atoms with Crippen LogP contribution in [0.25, 0.3) is 0 Å². The van der Waals surface area contributed by atoms with Gasteiger partial charge in [0, 0.05) is 9.75 Å². The number of thiophene rings is 1. The predicted molar refractivity (Wildman–Crippen MR) is 92.4 cm³/mol. The molecule has 0 saturated carbocycles. The molecule has 2 heteroatoms. The van der Waals surface area contributed by atoms with Crippen molar-refractivity contribution in [2.75, 3.05) is 6.54 Å². The Kier molecular flexibility index (Phi) is 4.46. The first kappa shape index (κ1) is 14.8. The third kappa shape index (κ3) is 3.07. The molecule has 1 unspecified atom stereocenters. The number of aryl methyl sites for hydroxylation is 4. The summed E-state index contributed by atoms with van der Waals surface area (Å²) < 4.78 is 0. The Hall–Kier alpha value is -1.12. The lowest BCUT2D eigenvalue weighted by Crippen LogP contribution is -2.22. The molecule has 1 aromatic carbocycles. The summed E-state index contributed by atoms with van der Waals surface area (Å²) in [6.07, 6.45) is 5.01. The Morgan fingerprint density at radius 2 is 1.95 bits per heavy atom. The highest BCUT2D eigenvalue weighted by atomic mass is 32.1. The quantitative estimate of drug-likeness (QED) is 0.824. The summed E-state index contributed by atoms with van der Waals surface area (Å²) in [5, 5.41) is 3.74. The molecule has 1 nitrogen and oxygen atoms in total. The third-order valence-electron chi connectivity index (χ3n) is 4.52. The van der Waals surface area contributed by atoms with Gasteiger partial charge in [0.25, 0.3) is 0 Å². The van der Waals surface area contributed by atoms with Crippen LogP contribution in [-0.2, 0) is 12.8 Å². The third-order valence-corrected chi connectivity index (χ3v) is 5.74. The first-order chi connectivity index (χ1) is 10.2. The van der Waals surface area contributed by atoms with Gasteiger partial charge in [-0.3, -0.25) is 0 Å². The minimum Gasteiger partial charge on any atom is -0.306 e. The van der Waals surface area contributed by atoms with Crippen LogP contribution < -0.4 is 5.32 Å². The Balaban J connectivity index is 1.95. The van der Waals surface area contributed by atoms with E-state index >= 15 is 0 Å². The number of rotatable bonds is 5. The lowest BCUT2D eigenvalue weighted by Gasteiger charge is -2.19. The lowest BCUT2D eigenvalue weighted by molar-refractivity contribution is 0.605. The zero-order valence-electron chi connectivity index (χ0n) is 13.3. The molecule has 1 aliphatic carbocycles. The van der Waals surface area contributed by atoms with Crippen molar-refractivity contribution in [1.29, 1.82) is 0 Å². The maximum atomic E-state index is 3.74. The van der Waals surface area contributed by atoms with E-state index in [0.29, 0.717) is 6.04 Å². The Morgan fingerprint density at radius 3 is 2.67 bits per heavy atom. The average Bonchev–Trinajstić information content (AvgIpc) is 3.06. The summed E-state index contributed by atoms with van der Waals surface area (Å²) in [5.74, 6) is 0. The first-order valence-electron chi connectivity index (χ1n) is 8.11. The monoisotopic (exact) mass is 299 g/mol. The molecule has 21 heavy (non-hydrogen) atoms. The number of hydrogen-bond donors (Lipinski definition) is 1. The second-order valence-electron chi connectivity index (χ2n) is 6.16. The minimum absolute atomic E-state index is 0.355. The molecule has 1 N–H and O–H groups in total. The van der Waals surface area contributed by atoms with E-state index in [4.69, 9.17) is 0 Å². The van der Waals surface area contributed by atoms with E-state index in [0.717, 1.165) is 6.54 Å². The van der Waals surface area contributed by atoms with Crippen molar-refractivity contribution < 1.29 is 0 Å². The topological polar surface area (TPSA) is 12.0 Å². The number of nitrogens with one attached hydrogen (secondary N) is 1. The van der Waals surface area contributed by atoms with Crippen LogP contribution in [0.2, 0.25) is 0 Å². The van der Waals surface area contributed by atoms with E-state index in [1.165, 1.54) is 46.6 Å². The second-order valence-corrected chi connectivity index (χ2v) is 7.44. The fourth-order valence-corrected chi connectivity index (χ4v) is 4.33. The van der Waals surface area contributed by atoms with Crippen LogP contribution in [0.4, 0.5) is 0 Å². The normalized spacial score (nSPS) is 15.2. The molecule has 0 radical (unpaired) electrons. The van der Waals surface area contributed by atoms with Crippen molar-refractivity contribution in [1.82, 2.24) is 5.32 Å². The molecule has 1 aliphatic rings. The van der Waals surface area contributed by atoms with Gasteiger partial charge in [-0.2, -0.15) is 0 Å². The van der Waals surface area contributed by atoms with E-state index < -0.39 is 0 Å². The zero-order chi connectivity index (χ0) is 14.8. The smallest absolute Gasteiger partial charge is 0.0671 e. The standard InChI is InChI=1S/C19H25NS/c1-4-10-20-19(18-11-13(2)14(3)21-18)17-9-8-15-6-5-7-16(15)12-17/h8-9,11-12,19-20H,4-7,10H2,1-3H3. The maximum absolute atomic E-state index is 3.74. The van der Waals surface area contributed by atoms with Crippen LogP contribution in [0.15, 0.2) is 24.3 Å². The van der Waals surface area contributed by atoms with Crippen molar-refractivity contribution in [3.8, 4) is 0 Å². The summed E-state index contributed by atoms with van der Waals surface area (Å²) in [5.41, 5.74) is 5.98. The van der Waals surface area contributed by atoms with Crippen LogP contribution in [0.3, 0.4) is 0 Å². The molecule has 2 aromatic rings. The molecule has 3 rings (SSSR count). The van der Waals surface area contributed by atoms with E-state index in [1.54, 1.807) is 11.1 Å². The average molecular weight is 299 g/mol. The van der Waals surface area contributed by atoms with Gasteiger partial charge in [-0.15, -0.1) is 11.3 Å². The van der Waals surface area contributed by atoms with Crippen LogP contribution in [0.1, 0.15) is 57.8 Å². The Bertz CT molecular complexity index is 607. The van der Waals surface area contributed by atoms with Crippen LogP contribution in [0.5, 0.6) is 0 Å². The van der Waals surface area contributed by atoms with Gasteiger partial charge in [-0.25, -0.2) is 0 Å². The van der Waals surface area contributed by atoms with E-state index in [-0.39, 0.29) is 0 Å². The molecule has 0 spiro atoms. The van der Waals surface area contributed by atoms with Crippen molar-refractivity contribution in [2.45, 2.75) is 52.5 Å². The molecule has 0 fully saturated rings. The first-order valence-corrected chi connectivity index (χ1v) is 8.92. The van der Waals surface area contributed by atoms with Gasteiger partial charge in [-0.05, 0) is 74.4 Å². The van der Waals surface area contributed by atoms with Gasteiger partial charge in [0.05, 0.1) is 6.04 Å². The molecule has 112 valence electrons. The summed E-state index contributed by atoms with van der Waals surface area (Å²) in [6, 6.07) is 9.85. The molecular formula is C19H25NS. The fraction of sp³-hybridized carbons (Fsp3) is 0.474. The van der Waals surface area contributed by atoms with Gasteiger partial charge in [0.15, 0.2) is 0 Å². The van der Waals surface area contributed by atoms with Gasteiger partial charge >= 0.3 is 0 Å². The molecule has 0 amide bonds. The van der Waals surface area contributed by atoms with Gasteiger partial charge in [0.1, 0.15) is 0 Å². The van der Waals surface area contributed by atoms with Crippen molar-refractivity contribution >= 4 is 11.3 Å². The number of benzene rings is 1. The molecule has 0 bridgehead atoms. The maximum Gasteiger partial charge on any atom is 0.0671 e. The summed E-state index contributed by atoms with van der Waals surface area (Å²) in [4.78, 5) is 2.89. The molecule has 0 saturated heterocycles. The van der Waals surface area contributed by atoms with Crippen molar-refractivity contribution in [3.05, 3.63) is 56.3 Å². The summed E-state index contributed by atoms with van der Waals surface area (Å²) in [7, 11) is 0. The highest BCUT2D eigenvalue weighted by Crippen LogP contribution is 2.33. The minimum atomic E-state index is 0.355. The summed E-state index contributed by atoms with van der Waals surface area (Å²) in [6.45, 7) is 7.74. The van der Waals surface area contributed by atoms with Crippen molar-refractivity contribution in [2.24, 2.45) is 0 Å². The molecule has 0 aliphatic heterocycles. The van der Waals surface area contributed by atoms with Crippen LogP contribution in [0, 0.1) is 13.8 Å². The van der Waals surface area contributed by atoms with Gasteiger partial charge in [0.2, 0.25) is 0 Å². The zero-order valence-corrected chi connectivity index (χ0v) is 14.1. The highest BCUT2D eigenvalue weighted by molar-refractivity contribution is 7.12. The van der Waals surface area contributed by atoms with Crippen LogP contribution >= 0.6 is 11.3 Å². The van der Waals surface area contributed by atoms with Gasteiger partial charge < -0.3 is 5.32 Å². The molecule has 1 aromatic heterocycles. The van der Waals surface area contributed by atoms with Crippen molar-refractivity contribution in [3.63, 3.8) is 0 Å². The lowest BCUT2D eigenvalue weighted by atomic mass is 9.99. The predicted octanol–water partition coefficient (Wildman–Crippen LogP) is 4.94. The second kappa shape index (κ2) is 6.33. The van der Waals surface area contributed by atoms with E-state index in [9.17, 15) is 0 Å². The molecule has 1 atom stereocenters. The largest absolute Gasteiger partial charge is 0.306 e. The van der Waals surface area contributed by atoms with E-state index in [2.05, 4.69) is 50.4 Å². The molecule has 1 heterocycles. The number of hydrogen-bond acceptors (Lipinski definition) is 2. The van der Waals surface area contributed by atoms with Gasteiger partial charge in [-0.1, -0.05) is 25.1 Å². The van der Waals surface area contributed by atoms with E-state index in [1.807, 2.05) is 11.3 Å². The number of fused-ring (bicyclic) bond motifs is 1. The SMILES string of the molecule is CCCNC(c1ccc2c(c1)CCC2)c1cc(C)c(C)s1. The Morgan fingerprint density at radius 1 is 1.14 bits per heavy atom.